The number of amides is 2. The van der Waals surface area contributed by atoms with Crippen molar-refractivity contribution in [2.24, 2.45) is 0 Å². The lowest BCUT2D eigenvalue weighted by atomic mass is 10.2. The number of nitrogens with one attached hydrogen (secondary N) is 1. The van der Waals surface area contributed by atoms with Crippen LogP contribution < -0.4 is 5.32 Å². The van der Waals surface area contributed by atoms with E-state index in [4.69, 9.17) is 4.74 Å². The number of nitrogens with zero attached hydrogens (tertiary/aromatic N) is 2. The number of carbonyl (C=O) groups excluding carboxylic acids is 2. The van der Waals surface area contributed by atoms with Gasteiger partial charge in [0.1, 0.15) is 0 Å². The molecule has 2 aromatic rings. The fourth-order valence-electron chi connectivity index (χ4n) is 2.27. The molecule has 0 saturated carbocycles. The molecule has 0 saturated heterocycles. The summed E-state index contributed by atoms with van der Waals surface area (Å²) in [6.07, 6.45) is 0.708. The average Bonchev–Trinajstić information content (AvgIpc) is 3.14. The van der Waals surface area contributed by atoms with Gasteiger partial charge in [0.15, 0.2) is 5.13 Å². The van der Waals surface area contributed by atoms with Crippen LogP contribution in [0.2, 0.25) is 0 Å². The Morgan fingerprint density at radius 1 is 1.50 bits per heavy atom. The van der Waals surface area contributed by atoms with Crippen molar-refractivity contribution in [3.05, 3.63) is 33.0 Å². The quantitative estimate of drug-likeness (QED) is 0.934. The van der Waals surface area contributed by atoms with Gasteiger partial charge >= 0.3 is 6.09 Å². The summed E-state index contributed by atoms with van der Waals surface area (Å²) in [6, 6.07) is 3.86. The van der Waals surface area contributed by atoms with Gasteiger partial charge in [0.25, 0.3) is 0 Å². The summed E-state index contributed by atoms with van der Waals surface area (Å²) in [6.45, 7) is 1.08. The molecule has 1 aliphatic rings. The smallest absolute Gasteiger partial charge is 0.409 e. The van der Waals surface area contributed by atoms with Crippen LogP contribution in [0.1, 0.15) is 15.4 Å². The van der Waals surface area contributed by atoms with Crippen molar-refractivity contribution in [2.75, 3.05) is 19.0 Å². The molecular formula is C14H15N3O3S2. The second-order valence-corrected chi connectivity index (χ2v) is 6.95. The first-order chi connectivity index (χ1) is 10.7. The Hall–Kier alpha value is -1.93. The molecule has 0 bridgehead atoms. The molecule has 1 aliphatic heterocycles. The van der Waals surface area contributed by atoms with Crippen LogP contribution in [-0.4, -0.2) is 35.5 Å². The van der Waals surface area contributed by atoms with Crippen molar-refractivity contribution < 1.29 is 14.3 Å². The van der Waals surface area contributed by atoms with Crippen LogP contribution in [0.3, 0.4) is 0 Å². The fraction of sp³-hybridized carbons (Fsp3) is 0.357. The standard InChI is InChI=1S/C14H15N3O3S2/c1-20-14(19)17-5-4-10-11(8-17)22-13(15-10)16-12(18)7-9-3-2-6-21-9/h2-3,6H,4-5,7-8H2,1H3,(H,15,16,18). The Kier molecular flexibility index (Phi) is 4.39. The Balaban J connectivity index is 1.64. The highest BCUT2D eigenvalue weighted by molar-refractivity contribution is 7.15. The Bertz CT molecular complexity index is 682. The first-order valence-electron chi connectivity index (χ1n) is 6.79. The summed E-state index contributed by atoms with van der Waals surface area (Å²) in [4.78, 5) is 31.7. The molecule has 22 heavy (non-hydrogen) atoms. The number of anilines is 1. The number of aromatic nitrogens is 1. The van der Waals surface area contributed by atoms with E-state index in [9.17, 15) is 9.59 Å². The zero-order valence-electron chi connectivity index (χ0n) is 12.0. The molecular weight excluding hydrogens is 322 g/mol. The van der Waals surface area contributed by atoms with E-state index in [2.05, 4.69) is 10.3 Å². The van der Waals surface area contributed by atoms with Crippen molar-refractivity contribution in [3.8, 4) is 0 Å². The number of thiazole rings is 1. The minimum absolute atomic E-state index is 0.0710. The topological polar surface area (TPSA) is 71.5 Å². The summed E-state index contributed by atoms with van der Waals surface area (Å²) in [7, 11) is 1.38. The number of rotatable bonds is 3. The lowest BCUT2D eigenvalue weighted by molar-refractivity contribution is -0.115. The lowest BCUT2D eigenvalue weighted by Gasteiger charge is -2.24. The molecule has 0 aromatic carbocycles. The number of fused-ring (bicyclic) bond motifs is 1. The van der Waals surface area contributed by atoms with Gasteiger partial charge in [-0.3, -0.25) is 4.79 Å². The minimum Gasteiger partial charge on any atom is -0.453 e. The van der Waals surface area contributed by atoms with E-state index >= 15 is 0 Å². The zero-order chi connectivity index (χ0) is 15.5. The van der Waals surface area contributed by atoms with Gasteiger partial charge in [-0.25, -0.2) is 9.78 Å². The molecule has 3 heterocycles. The van der Waals surface area contributed by atoms with Crippen LogP contribution in [0.4, 0.5) is 9.93 Å². The lowest BCUT2D eigenvalue weighted by Crippen LogP contribution is -2.35. The van der Waals surface area contributed by atoms with Crippen LogP contribution in [0, 0.1) is 0 Å². The maximum Gasteiger partial charge on any atom is 0.409 e. The first kappa shape index (κ1) is 15.0. The van der Waals surface area contributed by atoms with Gasteiger partial charge in [-0.2, -0.15) is 0 Å². The molecule has 2 amide bonds. The molecule has 8 heteroatoms. The predicted octanol–water partition coefficient (Wildman–Crippen LogP) is 2.51. The van der Waals surface area contributed by atoms with Crippen molar-refractivity contribution >= 4 is 39.8 Å². The largest absolute Gasteiger partial charge is 0.453 e. The molecule has 0 spiro atoms. The number of carbonyl (C=O) groups is 2. The summed E-state index contributed by atoms with van der Waals surface area (Å²) < 4.78 is 4.74. The highest BCUT2D eigenvalue weighted by Crippen LogP contribution is 2.28. The van der Waals surface area contributed by atoms with Gasteiger partial charge in [-0.15, -0.1) is 11.3 Å². The van der Waals surface area contributed by atoms with E-state index in [-0.39, 0.29) is 12.0 Å². The van der Waals surface area contributed by atoms with Gasteiger partial charge in [0.05, 0.1) is 25.8 Å². The summed E-state index contributed by atoms with van der Waals surface area (Å²) in [5.74, 6) is -0.0710. The maximum atomic E-state index is 12.0. The third kappa shape index (κ3) is 3.28. The Labute approximate surface area is 135 Å². The average molecular weight is 337 g/mol. The summed E-state index contributed by atoms with van der Waals surface area (Å²) in [5, 5.41) is 5.38. The second-order valence-electron chi connectivity index (χ2n) is 4.83. The molecule has 0 radical (unpaired) electrons. The van der Waals surface area contributed by atoms with Gasteiger partial charge in [0.2, 0.25) is 5.91 Å². The van der Waals surface area contributed by atoms with E-state index in [1.165, 1.54) is 18.4 Å². The molecule has 2 aromatic heterocycles. The van der Waals surface area contributed by atoms with Gasteiger partial charge < -0.3 is 15.0 Å². The van der Waals surface area contributed by atoms with E-state index in [0.717, 1.165) is 15.4 Å². The van der Waals surface area contributed by atoms with Crippen molar-refractivity contribution in [3.63, 3.8) is 0 Å². The maximum absolute atomic E-state index is 12.0. The highest BCUT2D eigenvalue weighted by atomic mass is 32.1. The third-order valence-electron chi connectivity index (χ3n) is 3.33. The third-order valence-corrected chi connectivity index (χ3v) is 5.20. The monoisotopic (exact) mass is 337 g/mol. The van der Waals surface area contributed by atoms with Crippen LogP contribution in [0.15, 0.2) is 17.5 Å². The number of hydrogen-bond acceptors (Lipinski definition) is 6. The van der Waals surface area contributed by atoms with Crippen molar-refractivity contribution in [1.82, 2.24) is 9.88 Å². The molecule has 116 valence electrons. The van der Waals surface area contributed by atoms with Crippen LogP contribution in [-0.2, 0) is 28.9 Å². The molecule has 3 rings (SSSR count). The molecule has 1 N–H and O–H groups in total. The number of ether oxygens (including phenoxy) is 1. The minimum atomic E-state index is -0.331. The van der Waals surface area contributed by atoms with Gasteiger partial charge in [0, 0.05) is 22.7 Å². The molecule has 6 nitrogen and oxygen atoms in total. The SMILES string of the molecule is COC(=O)N1CCc2nc(NC(=O)Cc3cccs3)sc2C1. The van der Waals surface area contributed by atoms with Gasteiger partial charge in [-0.1, -0.05) is 17.4 Å². The molecule has 0 fully saturated rings. The van der Waals surface area contributed by atoms with Crippen LogP contribution in [0.25, 0.3) is 0 Å². The number of methoxy groups -OCH3 is 1. The van der Waals surface area contributed by atoms with E-state index in [1.807, 2.05) is 17.5 Å². The first-order valence-corrected chi connectivity index (χ1v) is 8.49. The fourth-order valence-corrected chi connectivity index (χ4v) is 4.01. The van der Waals surface area contributed by atoms with Gasteiger partial charge in [-0.05, 0) is 11.4 Å². The summed E-state index contributed by atoms with van der Waals surface area (Å²) in [5.41, 5.74) is 0.955. The normalized spacial score (nSPS) is 13.6. The van der Waals surface area contributed by atoms with E-state index in [1.54, 1.807) is 16.2 Å². The Morgan fingerprint density at radius 3 is 3.09 bits per heavy atom. The van der Waals surface area contributed by atoms with Crippen molar-refractivity contribution in [2.45, 2.75) is 19.4 Å². The second kappa shape index (κ2) is 6.45. The van der Waals surface area contributed by atoms with Crippen LogP contribution >= 0.6 is 22.7 Å². The molecule has 0 unspecified atom stereocenters. The van der Waals surface area contributed by atoms with E-state index < -0.39 is 0 Å². The molecule has 0 aliphatic carbocycles. The Morgan fingerprint density at radius 2 is 2.36 bits per heavy atom. The van der Waals surface area contributed by atoms with Crippen LogP contribution in [0.5, 0.6) is 0 Å². The molecule has 0 atom stereocenters. The van der Waals surface area contributed by atoms with Crippen molar-refractivity contribution in [1.29, 1.82) is 0 Å². The number of hydrogen-bond donors (Lipinski definition) is 1. The number of thiophene rings is 1. The highest BCUT2D eigenvalue weighted by Gasteiger charge is 2.24. The predicted molar refractivity (Wildman–Crippen MR) is 85.3 cm³/mol. The summed E-state index contributed by atoms with van der Waals surface area (Å²) >= 11 is 2.98. The zero-order valence-corrected chi connectivity index (χ0v) is 13.6. The van der Waals surface area contributed by atoms with E-state index in [0.29, 0.717) is 31.1 Å².